The van der Waals surface area contributed by atoms with Crippen LogP contribution in [0.4, 0.5) is 0 Å². The third-order valence-corrected chi connectivity index (χ3v) is 4.77. The van der Waals surface area contributed by atoms with Gasteiger partial charge >= 0.3 is 0 Å². The van der Waals surface area contributed by atoms with Gasteiger partial charge in [0.2, 0.25) is 5.91 Å². The van der Waals surface area contributed by atoms with E-state index in [1.54, 1.807) is 0 Å². The van der Waals surface area contributed by atoms with E-state index in [-0.39, 0.29) is 18.1 Å². The van der Waals surface area contributed by atoms with Gasteiger partial charge < -0.3 is 4.90 Å². The standard InChI is InChI=1S/C18H28N2O/c1-6-16-18(21)20(11-14(5)12(2)3)17(19-16)15-10-8-7-9-13(15)4/h7-10,12,14,16-17,19H,6,11H2,1-5H3. The third kappa shape index (κ3) is 3.29. The predicted molar refractivity (Wildman–Crippen MR) is 86.8 cm³/mol. The molecule has 0 bridgehead atoms. The summed E-state index contributed by atoms with van der Waals surface area (Å²) in [5.41, 5.74) is 2.46. The summed E-state index contributed by atoms with van der Waals surface area (Å²) >= 11 is 0. The van der Waals surface area contributed by atoms with Crippen molar-refractivity contribution in [3.05, 3.63) is 35.4 Å². The van der Waals surface area contributed by atoms with E-state index in [1.165, 1.54) is 11.1 Å². The van der Waals surface area contributed by atoms with Gasteiger partial charge in [-0.2, -0.15) is 0 Å². The largest absolute Gasteiger partial charge is 0.321 e. The summed E-state index contributed by atoms with van der Waals surface area (Å²) in [4.78, 5) is 14.7. The molecular formula is C18H28N2O. The molecule has 3 nitrogen and oxygen atoms in total. The second-order valence-corrected chi connectivity index (χ2v) is 6.60. The molecule has 2 rings (SSSR count). The fourth-order valence-electron chi connectivity index (χ4n) is 2.84. The maximum Gasteiger partial charge on any atom is 0.241 e. The summed E-state index contributed by atoms with van der Waals surface area (Å²) in [6.07, 6.45) is 0.859. The van der Waals surface area contributed by atoms with Crippen molar-refractivity contribution in [2.24, 2.45) is 11.8 Å². The van der Waals surface area contributed by atoms with Gasteiger partial charge in [0.05, 0.1) is 6.04 Å². The Morgan fingerprint density at radius 2 is 1.90 bits per heavy atom. The quantitative estimate of drug-likeness (QED) is 0.899. The zero-order chi connectivity index (χ0) is 15.6. The number of nitrogens with one attached hydrogen (secondary N) is 1. The number of benzene rings is 1. The van der Waals surface area contributed by atoms with Crippen LogP contribution in [0.3, 0.4) is 0 Å². The summed E-state index contributed by atoms with van der Waals surface area (Å²) in [7, 11) is 0. The number of hydrogen-bond donors (Lipinski definition) is 1. The number of amides is 1. The van der Waals surface area contributed by atoms with Crippen LogP contribution in [-0.4, -0.2) is 23.4 Å². The smallest absolute Gasteiger partial charge is 0.241 e. The minimum Gasteiger partial charge on any atom is -0.321 e. The van der Waals surface area contributed by atoms with Crippen molar-refractivity contribution in [1.29, 1.82) is 0 Å². The summed E-state index contributed by atoms with van der Waals surface area (Å²) in [5.74, 6) is 1.33. The van der Waals surface area contributed by atoms with Crippen LogP contribution in [0.2, 0.25) is 0 Å². The normalized spacial score (nSPS) is 23.9. The highest BCUT2D eigenvalue weighted by Gasteiger charge is 2.39. The molecule has 0 spiro atoms. The second-order valence-electron chi connectivity index (χ2n) is 6.60. The van der Waals surface area contributed by atoms with Crippen LogP contribution in [0.1, 0.15) is 51.4 Å². The van der Waals surface area contributed by atoms with Crippen LogP contribution >= 0.6 is 0 Å². The topological polar surface area (TPSA) is 32.3 Å². The lowest BCUT2D eigenvalue weighted by Gasteiger charge is -2.29. The number of rotatable bonds is 5. The van der Waals surface area contributed by atoms with Gasteiger partial charge in [-0.3, -0.25) is 10.1 Å². The van der Waals surface area contributed by atoms with Gasteiger partial charge in [-0.25, -0.2) is 0 Å². The molecule has 1 aliphatic rings. The molecular weight excluding hydrogens is 260 g/mol. The first-order chi connectivity index (χ1) is 9.95. The van der Waals surface area contributed by atoms with Crippen LogP contribution in [0.25, 0.3) is 0 Å². The Morgan fingerprint density at radius 3 is 2.48 bits per heavy atom. The first kappa shape index (κ1) is 16.0. The monoisotopic (exact) mass is 288 g/mol. The molecule has 1 aliphatic heterocycles. The van der Waals surface area contributed by atoms with E-state index < -0.39 is 0 Å². The molecule has 1 N–H and O–H groups in total. The predicted octanol–water partition coefficient (Wildman–Crippen LogP) is 3.50. The van der Waals surface area contributed by atoms with Crippen molar-refractivity contribution < 1.29 is 4.79 Å². The number of hydrogen-bond acceptors (Lipinski definition) is 2. The number of nitrogens with zero attached hydrogens (tertiary/aromatic N) is 1. The SMILES string of the molecule is CCC1NC(c2ccccc2C)N(CC(C)C(C)C)C1=O. The number of carbonyl (C=O) groups is 1. The highest BCUT2D eigenvalue weighted by Crippen LogP contribution is 2.30. The van der Waals surface area contributed by atoms with Crippen LogP contribution in [0.5, 0.6) is 0 Å². The lowest BCUT2D eigenvalue weighted by atomic mass is 9.96. The van der Waals surface area contributed by atoms with E-state index in [0.717, 1.165) is 13.0 Å². The average Bonchev–Trinajstić information content (AvgIpc) is 2.76. The Kier molecular flexibility index (Phi) is 5.04. The van der Waals surface area contributed by atoms with Crippen molar-refractivity contribution in [2.75, 3.05) is 6.54 Å². The molecule has 1 saturated heterocycles. The van der Waals surface area contributed by atoms with E-state index >= 15 is 0 Å². The van der Waals surface area contributed by atoms with Gasteiger partial charge in [0.15, 0.2) is 0 Å². The van der Waals surface area contributed by atoms with E-state index in [4.69, 9.17) is 0 Å². The Bertz CT molecular complexity index is 498. The number of carbonyl (C=O) groups excluding carboxylic acids is 1. The fraction of sp³-hybridized carbons (Fsp3) is 0.611. The van der Waals surface area contributed by atoms with Gasteiger partial charge in [0, 0.05) is 6.54 Å². The Labute approximate surface area is 128 Å². The maximum absolute atomic E-state index is 12.7. The summed E-state index contributed by atoms with van der Waals surface area (Å²) in [6, 6.07) is 8.30. The molecule has 1 aromatic carbocycles. The molecule has 1 heterocycles. The van der Waals surface area contributed by atoms with E-state index in [0.29, 0.717) is 11.8 Å². The molecule has 3 atom stereocenters. The lowest BCUT2D eigenvalue weighted by Crippen LogP contribution is -2.36. The van der Waals surface area contributed by atoms with Gasteiger partial charge in [-0.15, -0.1) is 0 Å². The second kappa shape index (κ2) is 6.61. The van der Waals surface area contributed by atoms with Crippen LogP contribution < -0.4 is 5.32 Å². The molecule has 1 amide bonds. The minimum absolute atomic E-state index is 0.0184. The zero-order valence-corrected chi connectivity index (χ0v) is 13.9. The van der Waals surface area contributed by atoms with E-state index in [2.05, 4.69) is 58.1 Å². The van der Waals surface area contributed by atoms with Crippen LogP contribution in [0, 0.1) is 18.8 Å². The average molecular weight is 288 g/mol. The molecule has 1 aromatic rings. The lowest BCUT2D eigenvalue weighted by molar-refractivity contribution is -0.130. The highest BCUT2D eigenvalue weighted by molar-refractivity contribution is 5.84. The highest BCUT2D eigenvalue weighted by atomic mass is 16.2. The molecule has 21 heavy (non-hydrogen) atoms. The van der Waals surface area contributed by atoms with Crippen molar-refractivity contribution >= 4 is 5.91 Å². The maximum atomic E-state index is 12.7. The van der Waals surface area contributed by atoms with Crippen LogP contribution in [0.15, 0.2) is 24.3 Å². The van der Waals surface area contributed by atoms with Crippen molar-refractivity contribution in [1.82, 2.24) is 10.2 Å². The van der Waals surface area contributed by atoms with Crippen molar-refractivity contribution in [2.45, 2.75) is 53.2 Å². The Hall–Kier alpha value is -1.35. The Morgan fingerprint density at radius 1 is 1.24 bits per heavy atom. The van der Waals surface area contributed by atoms with Crippen molar-refractivity contribution in [3.8, 4) is 0 Å². The van der Waals surface area contributed by atoms with E-state index in [1.807, 2.05) is 11.0 Å². The Balaban J connectivity index is 2.29. The summed E-state index contributed by atoms with van der Waals surface area (Å²) < 4.78 is 0. The first-order valence-electron chi connectivity index (χ1n) is 8.07. The minimum atomic E-state index is -0.0473. The summed E-state index contributed by atoms with van der Waals surface area (Å²) in [5, 5.41) is 3.52. The number of aryl methyl sites for hydroxylation is 1. The van der Waals surface area contributed by atoms with E-state index in [9.17, 15) is 4.79 Å². The van der Waals surface area contributed by atoms with Gasteiger partial charge in [-0.1, -0.05) is 52.0 Å². The molecule has 1 fully saturated rings. The molecule has 0 radical (unpaired) electrons. The molecule has 116 valence electrons. The molecule has 3 heteroatoms. The molecule has 0 aliphatic carbocycles. The van der Waals surface area contributed by atoms with Gasteiger partial charge in [0.1, 0.15) is 6.17 Å². The molecule has 0 aromatic heterocycles. The fourth-order valence-corrected chi connectivity index (χ4v) is 2.84. The van der Waals surface area contributed by atoms with Crippen molar-refractivity contribution in [3.63, 3.8) is 0 Å². The van der Waals surface area contributed by atoms with Crippen LogP contribution in [-0.2, 0) is 4.79 Å². The third-order valence-electron chi connectivity index (χ3n) is 4.77. The van der Waals surface area contributed by atoms with Gasteiger partial charge in [0.25, 0.3) is 0 Å². The van der Waals surface area contributed by atoms with Gasteiger partial charge in [-0.05, 0) is 36.3 Å². The zero-order valence-electron chi connectivity index (χ0n) is 13.9. The summed E-state index contributed by atoms with van der Waals surface area (Å²) in [6.45, 7) is 11.7. The first-order valence-corrected chi connectivity index (χ1v) is 8.07. The molecule has 0 saturated carbocycles. The molecule has 3 unspecified atom stereocenters.